The number of nitrogens with zero attached hydrogens (tertiary/aromatic N) is 1. The lowest BCUT2D eigenvalue weighted by molar-refractivity contribution is 0.0953. The second kappa shape index (κ2) is 10.8. The number of carbonyl (C=O) groups excluding carboxylic acids is 1. The van der Waals surface area contributed by atoms with Crippen LogP contribution < -0.4 is 16.0 Å². The van der Waals surface area contributed by atoms with Crippen molar-refractivity contribution in [3.63, 3.8) is 0 Å². The monoisotopic (exact) mass is 486 g/mol. The molecule has 2 bridgehead atoms. The molecule has 2 fully saturated rings. The predicted molar refractivity (Wildman–Crippen MR) is 119 cm³/mol. The topological polar surface area (TPSA) is 74.8 Å². The Kier molecular flexibility index (Phi) is 8.82. The summed E-state index contributed by atoms with van der Waals surface area (Å²) in [6.45, 7) is 3.51. The summed E-state index contributed by atoms with van der Waals surface area (Å²) in [6, 6.07) is 8.07. The number of halogens is 1. The minimum absolute atomic E-state index is 0. The number of hydrogen-bond acceptors (Lipinski definition) is 3. The molecule has 3 atom stereocenters. The number of carbonyl (C=O) groups is 1. The van der Waals surface area contributed by atoms with E-state index < -0.39 is 0 Å². The maximum absolute atomic E-state index is 12.0. The molecule has 7 heteroatoms. The van der Waals surface area contributed by atoms with Gasteiger partial charge in [-0.3, -0.25) is 9.79 Å². The number of hydrogen-bond donors (Lipinski definition) is 3. The summed E-state index contributed by atoms with van der Waals surface area (Å²) in [5, 5.41) is 9.76. The van der Waals surface area contributed by atoms with Crippen molar-refractivity contribution < 1.29 is 9.53 Å². The number of fused-ring (bicyclic) bond motifs is 2. The maximum Gasteiger partial charge on any atom is 0.251 e. The van der Waals surface area contributed by atoms with Gasteiger partial charge in [0.25, 0.3) is 5.91 Å². The molecule has 2 saturated heterocycles. The van der Waals surface area contributed by atoms with Crippen LogP contribution >= 0.6 is 24.0 Å². The molecule has 3 rings (SSSR count). The number of amides is 1. The molecule has 1 aromatic carbocycles. The van der Waals surface area contributed by atoms with Crippen LogP contribution in [0.4, 0.5) is 0 Å². The normalized spacial score (nSPS) is 23.6. The van der Waals surface area contributed by atoms with E-state index in [4.69, 9.17) is 4.74 Å². The first-order valence-electron chi connectivity index (χ1n) is 9.69. The van der Waals surface area contributed by atoms with E-state index >= 15 is 0 Å². The zero-order valence-electron chi connectivity index (χ0n) is 16.2. The number of ether oxygens (including phenoxy) is 1. The summed E-state index contributed by atoms with van der Waals surface area (Å²) in [5.41, 5.74) is 1.81. The Morgan fingerprint density at radius 2 is 2.00 bits per heavy atom. The second-order valence-electron chi connectivity index (χ2n) is 7.09. The fourth-order valence-electron chi connectivity index (χ4n) is 3.60. The molecule has 2 aliphatic heterocycles. The van der Waals surface area contributed by atoms with Crippen molar-refractivity contribution in [1.82, 2.24) is 16.0 Å². The molecule has 2 heterocycles. The van der Waals surface area contributed by atoms with Crippen LogP contribution in [0.2, 0.25) is 0 Å². The van der Waals surface area contributed by atoms with E-state index in [0.29, 0.717) is 30.4 Å². The van der Waals surface area contributed by atoms with Crippen molar-refractivity contribution >= 4 is 35.8 Å². The molecular weight excluding hydrogens is 455 g/mol. The summed E-state index contributed by atoms with van der Waals surface area (Å²) >= 11 is 0. The molecule has 0 radical (unpaired) electrons. The molecular formula is C20H31IN4O2. The molecule has 3 unspecified atom stereocenters. The first-order chi connectivity index (χ1) is 12.7. The lowest BCUT2D eigenvalue weighted by Gasteiger charge is -2.22. The highest BCUT2D eigenvalue weighted by Crippen LogP contribution is 2.34. The van der Waals surface area contributed by atoms with Gasteiger partial charge in [-0.05, 0) is 43.4 Å². The Morgan fingerprint density at radius 3 is 2.59 bits per heavy atom. The third kappa shape index (κ3) is 6.07. The van der Waals surface area contributed by atoms with E-state index in [9.17, 15) is 4.79 Å². The van der Waals surface area contributed by atoms with Gasteiger partial charge in [0, 0.05) is 25.7 Å². The van der Waals surface area contributed by atoms with Crippen LogP contribution in [0.25, 0.3) is 0 Å². The smallest absolute Gasteiger partial charge is 0.251 e. The van der Waals surface area contributed by atoms with Gasteiger partial charge in [0.15, 0.2) is 5.96 Å². The number of unbranched alkanes of at least 4 members (excludes halogenated alkanes) is 1. The summed E-state index contributed by atoms with van der Waals surface area (Å²) in [5.74, 6) is 0.791. The Morgan fingerprint density at radius 1 is 1.22 bits per heavy atom. The van der Waals surface area contributed by atoms with Crippen molar-refractivity contribution in [3.8, 4) is 0 Å². The highest BCUT2D eigenvalue weighted by molar-refractivity contribution is 14.0. The van der Waals surface area contributed by atoms with Gasteiger partial charge in [-0.1, -0.05) is 25.5 Å². The average Bonchev–Trinajstić information content (AvgIpc) is 3.28. The standard InChI is InChI=1S/C20H30N4O2.HI/c1-3-4-11-22-19(25)15-7-5-14(6-8-15)13-23-20(21-2)24-17-12-16-9-10-18(17)26-16;/h5-8,16-18H,3-4,9-13H2,1-2H3,(H,22,25)(H2,21,23,24);1H. The van der Waals surface area contributed by atoms with Crippen molar-refractivity contribution in [2.75, 3.05) is 13.6 Å². The molecule has 1 amide bonds. The van der Waals surface area contributed by atoms with Gasteiger partial charge in [0.05, 0.1) is 18.2 Å². The maximum atomic E-state index is 12.0. The number of rotatable bonds is 7. The summed E-state index contributed by atoms with van der Waals surface area (Å²) < 4.78 is 5.88. The average molecular weight is 486 g/mol. The lowest BCUT2D eigenvalue weighted by Crippen LogP contribution is -2.47. The van der Waals surface area contributed by atoms with E-state index in [1.54, 1.807) is 7.05 Å². The van der Waals surface area contributed by atoms with Gasteiger partial charge >= 0.3 is 0 Å². The quantitative estimate of drug-likeness (QED) is 0.240. The second-order valence-corrected chi connectivity index (χ2v) is 7.09. The van der Waals surface area contributed by atoms with Crippen LogP contribution in [0.1, 0.15) is 54.9 Å². The van der Waals surface area contributed by atoms with E-state index in [2.05, 4.69) is 27.9 Å². The molecule has 0 saturated carbocycles. The highest BCUT2D eigenvalue weighted by Gasteiger charge is 2.41. The lowest BCUT2D eigenvalue weighted by atomic mass is 9.96. The van der Waals surface area contributed by atoms with E-state index in [-0.39, 0.29) is 29.9 Å². The minimum atomic E-state index is -0.00767. The molecule has 1 aromatic rings. The number of nitrogens with one attached hydrogen (secondary N) is 3. The summed E-state index contributed by atoms with van der Waals surface area (Å²) in [4.78, 5) is 16.3. The summed E-state index contributed by atoms with van der Waals surface area (Å²) in [7, 11) is 1.78. The molecule has 0 aromatic heterocycles. The predicted octanol–water partition coefficient (Wildman–Crippen LogP) is 2.82. The van der Waals surface area contributed by atoms with Gasteiger partial charge in [-0.25, -0.2) is 0 Å². The van der Waals surface area contributed by atoms with Crippen molar-refractivity contribution in [2.45, 2.75) is 63.8 Å². The van der Waals surface area contributed by atoms with Gasteiger partial charge in [-0.15, -0.1) is 24.0 Å². The molecule has 0 spiro atoms. The fourth-order valence-corrected chi connectivity index (χ4v) is 3.60. The third-order valence-corrected chi connectivity index (χ3v) is 5.14. The molecule has 0 aliphatic carbocycles. The van der Waals surface area contributed by atoms with Crippen molar-refractivity contribution in [3.05, 3.63) is 35.4 Å². The first kappa shape index (κ1) is 21.9. The molecule has 3 N–H and O–H groups in total. The highest BCUT2D eigenvalue weighted by atomic mass is 127. The Balaban J connectivity index is 0.00000261. The molecule has 150 valence electrons. The largest absolute Gasteiger partial charge is 0.373 e. The van der Waals surface area contributed by atoms with Crippen LogP contribution in [-0.2, 0) is 11.3 Å². The van der Waals surface area contributed by atoms with Crippen LogP contribution in [-0.4, -0.2) is 43.7 Å². The number of guanidine groups is 1. The van der Waals surface area contributed by atoms with Crippen LogP contribution in [0.5, 0.6) is 0 Å². The molecule has 2 aliphatic rings. The zero-order chi connectivity index (χ0) is 18.4. The van der Waals surface area contributed by atoms with Gasteiger partial charge < -0.3 is 20.7 Å². The van der Waals surface area contributed by atoms with Crippen LogP contribution in [0.3, 0.4) is 0 Å². The minimum Gasteiger partial charge on any atom is -0.373 e. The van der Waals surface area contributed by atoms with Crippen molar-refractivity contribution in [1.29, 1.82) is 0 Å². The van der Waals surface area contributed by atoms with Gasteiger partial charge in [-0.2, -0.15) is 0 Å². The molecule has 27 heavy (non-hydrogen) atoms. The summed E-state index contributed by atoms with van der Waals surface area (Å²) in [6.07, 6.45) is 6.22. The third-order valence-electron chi connectivity index (χ3n) is 5.14. The van der Waals surface area contributed by atoms with E-state index in [1.807, 2.05) is 24.3 Å². The van der Waals surface area contributed by atoms with E-state index in [0.717, 1.165) is 43.8 Å². The Labute approximate surface area is 178 Å². The van der Waals surface area contributed by atoms with Gasteiger partial charge in [0.2, 0.25) is 0 Å². The molecule has 6 nitrogen and oxygen atoms in total. The SMILES string of the molecule is CCCCNC(=O)c1ccc(CNC(=NC)NC2CC3CCC2O3)cc1.I. The Bertz CT molecular complexity index is 635. The number of aliphatic imine (C=N–C) groups is 1. The zero-order valence-corrected chi connectivity index (χ0v) is 18.5. The number of benzene rings is 1. The van der Waals surface area contributed by atoms with E-state index in [1.165, 1.54) is 6.42 Å². The van der Waals surface area contributed by atoms with Crippen LogP contribution in [0, 0.1) is 0 Å². The van der Waals surface area contributed by atoms with Crippen LogP contribution in [0.15, 0.2) is 29.3 Å². The first-order valence-corrected chi connectivity index (χ1v) is 9.69. The van der Waals surface area contributed by atoms with Gasteiger partial charge in [0.1, 0.15) is 0 Å². The van der Waals surface area contributed by atoms with Crippen molar-refractivity contribution in [2.24, 2.45) is 4.99 Å². The fraction of sp³-hybridized carbons (Fsp3) is 0.600. The Hall–Kier alpha value is -1.35.